The van der Waals surface area contributed by atoms with Gasteiger partial charge in [-0.3, -0.25) is 0 Å². The highest BCUT2D eigenvalue weighted by Gasteiger charge is 2.13. The van der Waals surface area contributed by atoms with Crippen LogP contribution in [0.15, 0.2) is 36.4 Å². The van der Waals surface area contributed by atoms with Crippen LogP contribution in [0.5, 0.6) is 11.5 Å². The number of unbranched alkanes of at least 4 members (excludes halogenated alkanes) is 1. The number of halogens is 2. The van der Waals surface area contributed by atoms with E-state index in [0.717, 1.165) is 30.4 Å². The third-order valence-corrected chi connectivity index (χ3v) is 4.19. The fourth-order valence-corrected chi connectivity index (χ4v) is 2.67. The van der Waals surface area contributed by atoms with Gasteiger partial charge in [0.05, 0.1) is 13.2 Å². The molecule has 0 unspecified atom stereocenters. The van der Waals surface area contributed by atoms with Gasteiger partial charge in [-0.05, 0) is 67.8 Å². The number of benzene rings is 2. The maximum Gasteiger partial charge on any atom is 0.123 e. The highest BCUT2D eigenvalue weighted by atomic mass is 19.1. The Hall–Kier alpha value is -2.10. The summed E-state index contributed by atoms with van der Waals surface area (Å²) in [5, 5.41) is 0. The number of ether oxygens (including phenoxy) is 2. The second kappa shape index (κ2) is 9.40. The normalized spacial score (nSPS) is 11.0. The predicted octanol–water partition coefficient (Wildman–Crippen LogP) is 5.85. The second-order valence-corrected chi connectivity index (χ2v) is 6.45. The molecule has 0 atom stereocenters. The first kappa shape index (κ1) is 19.2. The van der Waals surface area contributed by atoms with Crippen LogP contribution in [-0.4, -0.2) is 13.2 Å². The summed E-state index contributed by atoms with van der Waals surface area (Å²) in [5.74, 6) is 1.08. The number of aryl methyl sites for hydroxylation is 2. The van der Waals surface area contributed by atoms with Crippen LogP contribution in [0.1, 0.15) is 37.3 Å². The highest BCUT2D eigenvalue weighted by molar-refractivity contribution is 5.33. The van der Waals surface area contributed by atoms with E-state index in [1.807, 2.05) is 13.8 Å². The molecule has 25 heavy (non-hydrogen) atoms. The van der Waals surface area contributed by atoms with Crippen LogP contribution in [0.4, 0.5) is 8.78 Å². The summed E-state index contributed by atoms with van der Waals surface area (Å²) >= 11 is 0. The average molecular weight is 348 g/mol. The van der Waals surface area contributed by atoms with Crippen LogP contribution in [0.25, 0.3) is 0 Å². The van der Waals surface area contributed by atoms with E-state index in [1.165, 1.54) is 24.3 Å². The number of hydrogen-bond donors (Lipinski definition) is 0. The molecular formula is C21H26F2O2. The van der Waals surface area contributed by atoms with Crippen molar-refractivity contribution in [3.05, 3.63) is 59.2 Å². The summed E-state index contributed by atoms with van der Waals surface area (Å²) in [6.45, 7) is 6.82. The lowest BCUT2D eigenvalue weighted by Gasteiger charge is -2.20. The van der Waals surface area contributed by atoms with Gasteiger partial charge in [0.2, 0.25) is 0 Å². The van der Waals surface area contributed by atoms with Crippen LogP contribution in [-0.2, 0) is 0 Å². The molecule has 0 fully saturated rings. The fourth-order valence-electron chi connectivity index (χ4n) is 2.67. The molecule has 136 valence electrons. The van der Waals surface area contributed by atoms with Crippen LogP contribution in [0, 0.1) is 31.4 Å². The summed E-state index contributed by atoms with van der Waals surface area (Å²) in [6, 6.07) is 9.06. The first-order valence-electron chi connectivity index (χ1n) is 8.77. The SMILES string of the molecule is CCCCC(COc1ccc(F)cc1C)COc1ccc(F)cc1C. The summed E-state index contributed by atoms with van der Waals surface area (Å²) in [4.78, 5) is 0. The third-order valence-electron chi connectivity index (χ3n) is 4.19. The monoisotopic (exact) mass is 348 g/mol. The molecule has 0 aromatic heterocycles. The molecule has 0 aliphatic rings. The Kier molecular flexibility index (Phi) is 7.23. The van der Waals surface area contributed by atoms with Gasteiger partial charge in [0.25, 0.3) is 0 Å². The van der Waals surface area contributed by atoms with Crippen LogP contribution in [0.3, 0.4) is 0 Å². The number of rotatable bonds is 9. The van der Waals surface area contributed by atoms with Crippen molar-refractivity contribution in [1.29, 1.82) is 0 Å². The van der Waals surface area contributed by atoms with Gasteiger partial charge in [-0.25, -0.2) is 8.78 Å². The molecule has 0 saturated heterocycles. The van der Waals surface area contributed by atoms with Crippen molar-refractivity contribution in [3.63, 3.8) is 0 Å². The first-order valence-corrected chi connectivity index (χ1v) is 8.77. The molecule has 0 radical (unpaired) electrons. The largest absolute Gasteiger partial charge is 0.493 e. The molecule has 0 bridgehead atoms. The smallest absolute Gasteiger partial charge is 0.123 e. The standard InChI is InChI=1S/C21H26F2O2/c1-4-5-6-17(13-24-20-9-7-18(22)11-15(20)2)14-25-21-10-8-19(23)12-16(21)3/h7-12,17H,4-6,13-14H2,1-3H3. The zero-order chi connectivity index (χ0) is 18.2. The zero-order valence-electron chi connectivity index (χ0n) is 15.1. The topological polar surface area (TPSA) is 18.5 Å². The molecule has 0 spiro atoms. The molecular weight excluding hydrogens is 322 g/mol. The molecule has 2 rings (SSSR count). The summed E-state index contributed by atoms with van der Waals surface area (Å²) in [7, 11) is 0. The molecule has 2 nitrogen and oxygen atoms in total. The van der Waals surface area contributed by atoms with Gasteiger partial charge >= 0.3 is 0 Å². The predicted molar refractivity (Wildman–Crippen MR) is 96.3 cm³/mol. The summed E-state index contributed by atoms with van der Waals surface area (Å²) < 4.78 is 38.1. The molecule has 0 heterocycles. The van der Waals surface area contributed by atoms with Crippen molar-refractivity contribution in [2.75, 3.05) is 13.2 Å². The van der Waals surface area contributed by atoms with Gasteiger partial charge in [0, 0.05) is 5.92 Å². The highest BCUT2D eigenvalue weighted by Crippen LogP contribution is 2.22. The van der Waals surface area contributed by atoms with Crippen LogP contribution < -0.4 is 9.47 Å². The van der Waals surface area contributed by atoms with Crippen molar-refractivity contribution in [1.82, 2.24) is 0 Å². The maximum absolute atomic E-state index is 13.2. The van der Waals surface area contributed by atoms with Crippen LogP contribution >= 0.6 is 0 Å². The van der Waals surface area contributed by atoms with E-state index in [1.54, 1.807) is 12.1 Å². The van der Waals surface area contributed by atoms with E-state index in [9.17, 15) is 8.78 Å². The Morgan fingerprint density at radius 1 is 0.840 bits per heavy atom. The Morgan fingerprint density at radius 3 is 1.72 bits per heavy atom. The van der Waals surface area contributed by atoms with Crippen molar-refractivity contribution < 1.29 is 18.3 Å². The van der Waals surface area contributed by atoms with Gasteiger partial charge in [-0.2, -0.15) is 0 Å². The van der Waals surface area contributed by atoms with E-state index >= 15 is 0 Å². The van der Waals surface area contributed by atoms with E-state index < -0.39 is 0 Å². The first-order chi connectivity index (χ1) is 12.0. The lowest BCUT2D eigenvalue weighted by atomic mass is 10.0. The Labute approximate surface area is 148 Å². The molecule has 0 saturated carbocycles. The zero-order valence-corrected chi connectivity index (χ0v) is 15.1. The van der Waals surface area contributed by atoms with Crippen molar-refractivity contribution in [2.45, 2.75) is 40.0 Å². The fraction of sp³-hybridized carbons (Fsp3) is 0.429. The Morgan fingerprint density at radius 2 is 1.32 bits per heavy atom. The van der Waals surface area contributed by atoms with Gasteiger partial charge in [-0.15, -0.1) is 0 Å². The van der Waals surface area contributed by atoms with E-state index in [2.05, 4.69) is 6.92 Å². The third kappa shape index (κ3) is 6.04. The molecule has 0 aliphatic heterocycles. The van der Waals surface area contributed by atoms with Gasteiger partial charge in [0.15, 0.2) is 0 Å². The lowest BCUT2D eigenvalue weighted by Crippen LogP contribution is -2.20. The van der Waals surface area contributed by atoms with Gasteiger partial charge in [0.1, 0.15) is 23.1 Å². The van der Waals surface area contributed by atoms with Crippen molar-refractivity contribution in [3.8, 4) is 11.5 Å². The Balaban J connectivity index is 1.95. The molecule has 2 aromatic carbocycles. The van der Waals surface area contributed by atoms with Crippen molar-refractivity contribution >= 4 is 0 Å². The van der Waals surface area contributed by atoms with E-state index in [-0.39, 0.29) is 17.6 Å². The summed E-state index contributed by atoms with van der Waals surface area (Å²) in [6.07, 6.45) is 3.17. The maximum atomic E-state index is 13.2. The molecule has 2 aromatic rings. The number of hydrogen-bond acceptors (Lipinski definition) is 2. The second-order valence-electron chi connectivity index (χ2n) is 6.45. The van der Waals surface area contributed by atoms with Gasteiger partial charge < -0.3 is 9.47 Å². The lowest BCUT2D eigenvalue weighted by molar-refractivity contribution is 0.166. The van der Waals surface area contributed by atoms with Gasteiger partial charge in [-0.1, -0.05) is 19.8 Å². The summed E-state index contributed by atoms with van der Waals surface area (Å²) in [5.41, 5.74) is 1.56. The molecule has 0 amide bonds. The van der Waals surface area contributed by atoms with Crippen LogP contribution in [0.2, 0.25) is 0 Å². The molecule has 0 N–H and O–H groups in total. The average Bonchev–Trinajstić information content (AvgIpc) is 2.57. The quantitative estimate of drug-likeness (QED) is 0.566. The molecule has 0 aliphatic carbocycles. The van der Waals surface area contributed by atoms with Crippen molar-refractivity contribution in [2.24, 2.45) is 5.92 Å². The minimum absolute atomic E-state index is 0.217. The van der Waals surface area contributed by atoms with E-state index in [0.29, 0.717) is 24.7 Å². The Bertz CT molecular complexity index is 630. The van der Waals surface area contributed by atoms with E-state index in [4.69, 9.17) is 9.47 Å². The molecule has 4 heteroatoms. The minimum Gasteiger partial charge on any atom is -0.493 e. The minimum atomic E-state index is -0.262.